The summed E-state index contributed by atoms with van der Waals surface area (Å²) in [5.41, 5.74) is 0. The largest absolute Gasteiger partial charge is 0.233 e. The molecule has 0 aromatic rings. The van der Waals surface area contributed by atoms with Crippen molar-refractivity contribution in [2.45, 2.75) is 30.8 Å². The van der Waals surface area contributed by atoms with E-state index >= 15 is 0 Å². The molecule has 49 valence electrons. The van der Waals surface area contributed by atoms with Gasteiger partial charge in [-0.3, -0.25) is 0 Å². The molecule has 0 aliphatic heterocycles. The van der Waals surface area contributed by atoms with Crippen LogP contribution in [0.1, 0.15) is 20.8 Å². The van der Waals surface area contributed by atoms with Crippen LogP contribution in [0.5, 0.6) is 0 Å². The Kier molecular flexibility index (Phi) is 3.98. The van der Waals surface area contributed by atoms with E-state index in [1.807, 2.05) is 6.92 Å². The molecule has 0 amide bonds. The molecule has 3 atom stereocenters. The van der Waals surface area contributed by atoms with Gasteiger partial charge in [0.05, 0.1) is 6.10 Å². The molecule has 0 saturated heterocycles. The molecule has 0 fully saturated rings. The summed E-state index contributed by atoms with van der Waals surface area (Å²) in [6.45, 7) is 5.79. The highest BCUT2D eigenvalue weighted by Crippen LogP contribution is 2.15. The molecule has 0 heterocycles. The van der Waals surface area contributed by atoms with Crippen LogP contribution < -0.4 is 0 Å². The Bertz CT molecular complexity index is 53.5. The van der Waals surface area contributed by atoms with Gasteiger partial charge in [-0.15, -0.1) is 0 Å². The molecule has 3 unspecified atom stereocenters. The van der Waals surface area contributed by atoms with Crippen molar-refractivity contribution in [2.24, 2.45) is 5.92 Å². The highest BCUT2D eigenvalue weighted by Gasteiger charge is 2.14. The van der Waals surface area contributed by atoms with Gasteiger partial charge in [0.2, 0.25) is 0 Å². The van der Waals surface area contributed by atoms with E-state index in [4.69, 9.17) is 0 Å². The minimum Gasteiger partial charge on any atom is -0.233 e. The standard InChI is InChI=1S/C6H12IO/c1-4(5(2)7)6(3)8/h4-6H,1-3H3. The zero-order valence-electron chi connectivity index (χ0n) is 5.52. The second-order valence-corrected chi connectivity index (χ2v) is 4.21. The van der Waals surface area contributed by atoms with Crippen LogP contribution in [0.15, 0.2) is 0 Å². The number of alkyl halides is 1. The van der Waals surface area contributed by atoms with Crippen molar-refractivity contribution in [3.05, 3.63) is 0 Å². The van der Waals surface area contributed by atoms with E-state index in [2.05, 4.69) is 29.5 Å². The first-order valence-corrected chi connectivity index (χ1v) is 4.10. The molecule has 0 spiro atoms. The Morgan fingerprint density at radius 3 is 1.62 bits per heavy atom. The topological polar surface area (TPSA) is 19.9 Å². The van der Waals surface area contributed by atoms with Crippen LogP contribution in [0.2, 0.25) is 0 Å². The molecule has 0 rings (SSSR count). The lowest BCUT2D eigenvalue weighted by atomic mass is 10.0. The number of hydrogen-bond acceptors (Lipinski definition) is 0. The second-order valence-electron chi connectivity index (χ2n) is 2.24. The van der Waals surface area contributed by atoms with Crippen LogP contribution >= 0.6 is 22.6 Å². The zero-order valence-corrected chi connectivity index (χ0v) is 7.68. The average molecular weight is 227 g/mol. The third-order valence-electron chi connectivity index (χ3n) is 1.46. The third-order valence-corrected chi connectivity index (χ3v) is 2.60. The molecule has 0 bridgehead atoms. The number of halogens is 1. The van der Waals surface area contributed by atoms with Crippen molar-refractivity contribution in [3.8, 4) is 0 Å². The quantitative estimate of drug-likeness (QED) is 0.509. The summed E-state index contributed by atoms with van der Waals surface area (Å²) in [4.78, 5) is 0. The van der Waals surface area contributed by atoms with E-state index in [0.29, 0.717) is 9.84 Å². The maximum absolute atomic E-state index is 10.7. The predicted octanol–water partition coefficient (Wildman–Crippen LogP) is 2.27. The first kappa shape index (κ1) is 8.69. The van der Waals surface area contributed by atoms with E-state index in [9.17, 15) is 5.11 Å². The summed E-state index contributed by atoms with van der Waals surface area (Å²) in [6, 6.07) is 0. The fraction of sp³-hybridized carbons (Fsp3) is 1.00. The van der Waals surface area contributed by atoms with Crippen LogP contribution in [0.25, 0.3) is 0 Å². The summed E-state index contributed by atoms with van der Waals surface area (Å²) in [6.07, 6.45) is -0.415. The zero-order chi connectivity index (χ0) is 6.73. The normalized spacial score (nSPS) is 22.1. The highest BCUT2D eigenvalue weighted by molar-refractivity contribution is 14.1. The van der Waals surface area contributed by atoms with Crippen LogP contribution in [0.4, 0.5) is 0 Å². The van der Waals surface area contributed by atoms with Gasteiger partial charge in [0, 0.05) is 3.92 Å². The Hall–Kier alpha value is 0.690. The summed E-state index contributed by atoms with van der Waals surface area (Å²) < 4.78 is 0.500. The van der Waals surface area contributed by atoms with E-state index in [0.717, 1.165) is 0 Å². The Morgan fingerprint density at radius 1 is 1.25 bits per heavy atom. The summed E-state index contributed by atoms with van der Waals surface area (Å²) in [5, 5.41) is 10.7. The minimum atomic E-state index is -0.415. The highest BCUT2D eigenvalue weighted by atomic mass is 127. The molecule has 0 aliphatic rings. The molecule has 0 aromatic carbocycles. The maximum atomic E-state index is 10.7. The molecule has 0 N–H and O–H groups in total. The molecule has 0 aromatic heterocycles. The van der Waals surface area contributed by atoms with Gasteiger partial charge in [-0.05, 0) is 12.8 Å². The van der Waals surface area contributed by atoms with Gasteiger partial charge in [-0.25, -0.2) is 5.11 Å². The molecular formula is C6H12IO. The second kappa shape index (κ2) is 3.67. The van der Waals surface area contributed by atoms with Gasteiger partial charge in [-0.1, -0.05) is 36.4 Å². The Balaban J connectivity index is 3.46. The molecule has 0 aliphatic carbocycles. The van der Waals surface area contributed by atoms with Crippen LogP contribution in [0, 0.1) is 5.92 Å². The predicted molar refractivity (Wildman–Crippen MR) is 42.8 cm³/mol. The fourth-order valence-corrected chi connectivity index (χ4v) is 0.958. The molecule has 1 radical (unpaired) electrons. The lowest BCUT2D eigenvalue weighted by Crippen LogP contribution is -2.18. The van der Waals surface area contributed by atoms with E-state index in [1.54, 1.807) is 6.92 Å². The minimum absolute atomic E-state index is 0.301. The third kappa shape index (κ3) is 2.87. The van der Waals surface area contributed by atoms with Gasteiger partial charge >= 0.3 is 0 Å². The van der Waals surface area contributed by atoms with E-state index in [1.165, 1.54) is 0 Å². The van der Waals surface area contributed by atoms with Gasteiger partial charge in [0.25, 0.3) is 0 Å². The number of hydrogen-bond donors (Lipinski definition) is 0. The van der Waals surface area contributed by atoms with Crippen LogP contribution in [-0.4, -0.2) is 10.0 Å². The first-order valence-electron chi connectivity index (χ1n) is 2.85. The maximum Gasteiger partial charge on any atom is 0.0937 e. The van der Waals surface area contributed by atoms with Crippen LogP contribution in [0.3, 0.4) is 0 Å². The molecule has 8 heavy (non-hydrogen) atoms. The van der Waals surface area contributed by atoms with Crippen molar-refractivity contribution in [1.29, 1.82) is 0 Å². The molecule has 1 nitrogen and oxygen atoms in total. The van der Waals surface area contributed by atoms with E-state index < -0.39 is 6.10 Å². The fourth-order valence-electron chi connectivity index (χ4n) is 0.373. The van der Waals surface area contributed by atoms with Gasteiger partial charge in [0.1, 0.15) is 0 Å². The Labute approximate surface area is 64.6 Å². The van der Waals surface area contributed by atoms with Crippen molar-refractivity contribution in [3.63, 3.8) is 0 Å². The lowest BCUT2D eigenvalue weighted by Gasteiger charge is -2.14. The molecule has 0 saturated carbocycles. The Morgan fingerprint density at radius 2 is 1.62 bits per heavy atom. The van der Waals surface area contributed by atoms with E-state index in [-0.39, 0.29) is 0 Å². The van der Waals surface area contributed by atoms with Crippen molar-refractivity contribution in [2.75, 3.05) is 0 Å². The summed E-state index contributed by atoms with van der Waals surface area (Å²) in [7, 11) is 0. The first-order chi connectivity index (χ1) is 3.55. The summed E-state index contributed by atoms with van der Waals surface area (Å²) >= 11 is 2.28. The van der Waals surface area contributed by atoms with Crippen molar-refractivity contribution < 1.29 is 5.11 Å². The van der Waals surface area contributed by atoms with Crippen molar-refractivity contribution in [1.82, 2.24) is 0 Å². The monoisotopic (exact) mass is 227 g/mol. The number of rotatable bonds is 2. The average Bonchev–Trinajstić information content (AvgIpc) is 1.64. The van der Waals surface area contributed by atoms with Gasteiger partial charge in [-0.2, -0.15) is 0 Å². The van der Waals surface area contributed by atoms with Crippen LogP contribution in [-0.2, 0) is 5.11 Å². The van der Waals surface area contributed by atoms with Crippen molar-refractivity contribution >= 4 is 22.6 Å². The lowest BCUT2D eigenvalue weighted by molar-refractivity contribution is 0.0612. The smallest absolute Gasteiger partial charge is 0.0937 e. The van der Waals surface area contributed by atoms with Gasteiger partial charge < -0.3 is 0 Å². The van der Waals surface area contributed by atoms with Gasteiger partial charge in [0.15, 0.2) is 0 Å². The SMILES string of the molecule is CC([O])C(C)C(C)I. The summed E-state index contributed by atoms with van der Waals surface area (Å²) in [5.74, 6) is 0.301. The molecule has 2 heteroatoms. The molecular weight excluding hydrogens is 215 g/mol.